The van der Waals surface area contributed by atoms with Crippen LogP contribution in [0.1, 0.15) is 53.1 Å². The van der Waals surface area contributed by atoms with Crippen molar-refractivity contribution in [3.8, 4) is 0 Å². The smallest absolute Gasteiger partial charge is 0.163 e. The Hall–Kier alpha value is -1.89. The summed E-state index contributed by atoms with van der Waals surface area (Å²) in [5.74, 6) is 0.951. The molecule has 0 spiro atoms. The lowest BCUT2D eigenvalue weighted by Gasteiger charge is -2.26. The van der Waals surface area contributed by atoms with Gasteiger partial charge in [0.05, 0.1) is 0 Å². The van der Waals surface area contributed by atoms with Crippen LogP contribution in [0.2, 0.25) is 0 Å². The van der Waals surface area contributed by atoms with Crippen LogP contribution < -0.4 is 0 Å². The molecular formula is C19H20O. The van der Waals surface area contributed by atoms with Crippen LogP contribution in [0.3, 0.4) is 0 Å². The number of carbonyl (C=O) groups excluding carboxylic acids is 1. The van der Waals surface area contributed by atoms with E-state index in [1.54, 1.807) is 0 Å². The van der Waals surface area contributed by atoms with E-state index in [9.17, 15) is 4.79 Å². The minimum atomic E-state index is 0.259. The van der Waals surface area contributed by atoms with Crippen molar-refractivity contribution in [2.45, 2.75) is 38.0 Å². The van der Waals surface area contributed by atoms with Gasteiger partial charge in [-0.3, -0.25) is 4.79 Å². The molecule has 0 N–H and O–H groups in total. The Kier molecular flexibility index (Phi) is 3.96. The molecule has 1 aliphatic rings. The molecule has 0 atom stereocenters. The highest BCUT2D eigenvalue weighted by molar-refractivity contribution is 5.96. The van der Waals surface area contributed by atoms with Gasteiger partial charge in [-0.2, -0.15) is 0 Å². The maximum absolute atomic E-state index is 12.3. The third-order valence-corrected chi connectivity index (χ3v) is 4.27. The zero-order valence-electron chi connectivity index (χ0n) is 11.7. The van der Waals surface area contributed by atoms with E-state index in [2.05, 4.69) is 24.3 Å². The number of rotatable bonds is 5. The van der Waals surface area contributed by atoms with Gasteiger partial charge < -0.3 is 0 Å². The summed E-state index contributed by atoms with van der Waals surface area (Å²) in [4.78, 5) is 12.3. The summed E-state index contributed by atoms with van der Waals surface area (Å²) in [6.07, 6.45) is 5.31. The van der Waals surface area contributed by atoms with Gasteiger partial charge in [0.1, 0.15) is 0 Å². The normalized spacial score (nSPS) is 14.8. The van der Waals surface area contributed by atoms with E-state index in [-0.39, 0.29) is 5.78 Å². The van der Waals surface area contributed by atoms with Gasteiger partial charge in [0.2, 0.25) is 0 Å². The van der Waals surface area contributed by atoms with E-state index >= 15 is 0 Å². The van der Waals surface area contributed by atoms with Crippen LogP contribution in [0.4, 0.5) is 0 Å². The summed E-state index contributed by atoms with van der Waals surface area (Å²) in [7, 11) is 0. The fourth-order valence-corrected chi connectivity index (χ4v) is 2.75. The van der Waals surface area contributed by atoms with Gasteiger partial charge in [0, 0.05) is 12.0 Å². The van der Waals surface area contributed by atoms with Crippen LogP contribution in [0.5, 0.6) is 0 Å². The van der Waals surface area contributed by atoms with Crippen LogP contribution in [-0.2, 0) is 6.42 Å². The summed E-state index contributed by atoms with van der Waals surface area (Å²) in [5, 5.41) is 0. The molecule has 0 unspecified atom stereocenters. The van der Waals surface area contributed by atoms with E-state index in [4.69, 9.17) is 0 Å². The predicted octanol–water partition coefficient (Wildman–Crippen LogP) is 4.77. The van der Waals surface area contributed by atoms with Gasteiger partial charge in [0.15, 0.2) is 5.78 Å². The summed E-state index contributed by atoms with van der Waals surface area (Å²) >= 11 is 0. The molecule has 0 saturated heterocycles. The van der Waals surface area contributed by atoms with Gasteiger partial charge in [-0.25, -0.2) is 0 Å². The Bertz CT molecular complexity index is 582. The van der Waals surface area contributed by atoms with Crippen molar-refractivity contribution >= 4 is 5.78 Å². The number of ketones is 1. The number of hydrogen-bond acceptors (Lipinski definition) is 1. The molecule has 20 heavy (non-hydrogen) atoms. The average molecular weight is 264 g/mol. The molecular weight excluding hydrogens is 244 g/mol. The predicted molar refractivity (Wildman–Crippen MR) is 82.1 cm³/mol. The van der Waals surface area contributed by atoms with Crippen molar-refractivity contribution in [3.63, 3.8) is 0 Å². The summed E-state index contributed by atoms with van der Waals surface area (Å²) in [6, 6.07) is 18.5. The molecule has 0 aromatic heterocycles. The topological polar surface area (TPSA) is 17.1 Å². The highest BCUT2D eigenvalue weighted by atomic mass is 16.1. The van der Waals surface area contributed by atoms with Crippen LogP contribution in [0.25, 0.3) is 0 Å². The first-order chi connectivity index (χ1) is 9.83. The lowest BCUT2D eigenvalue weighted by Crippen LogP contribution is -2.10. The van der Waals surface area contributed by atoms with E-state index in [1.807, 2.05) is 30.3 Å². The Balaban J connectivity index is 1.64. The fraction of sp³-hybridized carbons (Fsp3) is 0.316. The summed E-state index contributed by atoms with van der Waals surface area (Å²) < 4.78 is 0. The van der Waals surface area contributed by atoms with E-state index in [0.29, 0.717) is 12.3 Å². The molecule has 0 aliphatic heterocycles. The first kappa shape index (κ1) is 13.1. The first-order valence-electron chi connectivity index (χ1n) is 7.50. The summed E-state index contributed by atoms with van der Waals surface area (Å²) in [6.45, 7) is 0. The molecule has 1 fully saturated rings. The molecule has 0 heterocycles. The SMILES string of the molecule is O=C(CCc1ccccc1)c1cccc(C2CCC2)c1. The van der Waals surface area contributed by atoms with Crippen LogP contribution >= 0.6 is 0 Å². The second kappa shape index (κ2) is 6.04. The highest BCUT2D eigenvalue weighted by Gasteiger charge is 2.20. The minimum absolute atomic E-state index is 0.259. The molecule has 0 amide bonds. The maximum Gasteiger partial charge on any atom is 0.163 e. The van der Waals surface area contributed by atoms with E-state index in [1.165, 1.54) is 30.4 Å². The molecule has 0 bridgehead atoms. The van der Waals surface area contributed by atoms with Crippen LogP contribution in [0, 0.1) is 0 Å². The lowest BCUT2D eigenvalue weighted by molar-refractivity contribution is 0.0982. The monoisotopic (exact) mass is 264 g/mol. The Morgan fingerprint density at radius 3 is 2.50 bits per heavy atom. The van der Waals surface area contributed by atoms with E-state index in [0.717, 1.165) is 12.0 Å². The number of hydrogen-bond donors (Lipinski definition) is 0. The van der Waals surface area contributed by atoms with Gasteiger partial charge in [-0.15, -0.1) is 0 Å². The molecule has 102 valence electrons. The highest BCUT2D eigenvalue weighted by Crippen LogP contribution is 2.36. The third-order valence-electron chi connectivity index (χ3n) is 4.27. The lowest BCUT2D eigenvalue weighted by atomic mass is 9.79. The van der Waals surface area contributed by atoms with Crippen molar-refractivity contribution < 1.29 is 4.79 Å². The van der Waals surface area contributed by atoms with Crippen LogP contribution in [0.15, 0.2) is 54.6 Å². The molecule has 2 aromatic carbocycles. The average Bonchev–Trinajstić information content (AvgIpc) is 2.44. The Labute approximate surface area is 120 Å². The number of Topliss-reactive ketones (excluding diaryl/α,β-unsaturated/α-hetero) is 1. The maximum atomic E-state index is 12.3. The van der Waals surface area contributed by atoms with Crippen molar-refractivity contribution in [1.82, 2.24) is 0 Å². The van der Waals surface area contributed by atoms with Gasteiger partial charge in [-0.05, 0) is 42.4 Å². The van der Waals surface area contributed by atoms with Gasteiger partial charge in [-0.1, -0.05) is 55.0 Å². The number of benzene rings is 2. The third kappa shape index (κ3) is 2.98. The number of carbonyl (C=O) groups is 1. The zero-order valence-corrected chi connectivity index (χ0v) is 11.7. The largest absolute Gasteiger partial charge is 0.294 e. The van der Waals surface area contributed by atoms with Crippen molar-refractivity contribution in [2.75, 3.05) is 0 Å². The van der Waals surface area contributed by atoms with Gasteiger partial charge >= 0.3 is 0 Å². The molecule has 2 aromatic rings. The van der Waals surface area contributed by atoms with Crippen molar-refractivity contribution in [3.05, 3.63) is 71.3 Å². The molecule has 0 radical (unpaired) electrons. The molecule has 3 rings (SSSR count). The standard InChI is InChI=1S/C19H20O/c20-19(13-12-15-6-2-1-3-7-15)18-11-5-10-17(14-18)16-8-4-9-16/h1-3,5-7,10-11,14,16H,4,8-9,12-13H2. The van der Waals surface area contributed by atoms with Crippen molar-refractivity contribution in [1.29, 1.82) is 0 Å². The minimum Gasteiger partial charge on any atom is -0.294 e. The Morgan fingerprint density at radius 1 is 1.00 bits per heavy atom. The number of aryl methyl sites for hydroxylation is 1. The second-order valence-electron chi connectivity index (χ2n) is 5.66. The first-order valence-corrected chi connectivity index (χ1v) is 7.50. The van der Waals surface area contributed by atoms with Crippen LogP contribution in [-0.4, -0.2) is 5.78 Å². The Morgan fingerprint density at radius 2 is 1.80 bits per heavy atom. The van der Waals surface area contributed by atoms with Gasteiger partial charge in [0.25, 0.3) is 0 Å². The van der Waals surface area contributed by atoms with Crippen molar-refractivity contribution in [2.24, 2.45) is 0 Å². The molecule has 1 aliphatic carbocycles. The summed E-state index contributed by atoms with van der Waals surface area (Å²) in [5.41, 5.74) is 3.46. The zero-order chi connectivity index (χ0) is 13.8. The quantitative estimate of drug-likeness (QED) is 0.711. The fourth-order valence-electron chi connectivity index (χ4n) is 2.75. The molecule has 1 nitrogen and oxygen atoms in total. The second-order valence-corrected chi connectivity index (χ2v) is 5.66. The molecule has 1 saturated carbocycles. The van der Waals surface area contributed by atoms with E-state index < -0.39 is 0 Å². The molecule has 1 heteroatoms.